The van der Waals surface area contributed by atoms with Crippen LogP contribution in [0.15, 0.2) is 24.3 Å². The Morgan fingerprint density at radius 2 is 1.62 bits per heavy atom. The van der Waals surface area contributed by atoms with Gasteiger partial charge in [0, 0.05) is 18.9 Å². The fourth-order valence-electron chi connectivity index (χ4n) is 1.24. The second-order valence-corrected chi connectivity index (χ2v) is 3.22. The fourth-order valence-corrected chi connectivity index (χ4v) is 1.24. The van der Waals surface area contributed by atoms with E-state index in [1.54, 1.807) is 12.1 Å². The monoisotopic (exact) mass is 225 g/mol. The zero-order chi connectivity index (χ0) is 11.8. The molecule has 90 valence electrons. The number of benzene rings is 1. The molecule has 0 aliphatic rings. The van der Waals surface area contributed by atoms with Crippen molar-refractivity contribution in [3.05, 3.63) is 24.3 Å². The molecule has 0 atom stereocenters. The van der Waals surface area contributed by atoms with Gasteiger partial charge in [0.15, 0.2) is 6.29 Å². The van der Waals surface area contributed by atoms with Gasteiger partial charge in [0.05, 0.1) is 0 Å². The Balaban J connectivity index is 2.38. The molecule has 0 spiro atoms. The molecule has 0 fully saturated rings. The van der Waals surface area contributed by atoms with Gasteiger partial charge in [0.2, 0.25) is 0 Å². The van der Waals surface area contributed by atoms with Gasteiger partial charge in [-0.25, -0.2) is 0 Å². The maximum absolute atomic E-state index is 5.57. The Hall–Kier alpha value is -1.26. The first-order valence-electron chi connectivity index (χ1n) is 5.47. The molecule has 2 N–H and O–H groups in total. The summed E-state index contributed by atoms with van der Waals surface area (Å²) in [4.78, 5) is 0. The molecule has 4 heteroatoms. The van der Waals surface area contributed by atoms with Gasteiger partial charge >= 0.3 is 0 Å². The largest absolute Gasteiger partial charge is 0.488 e. The van der Waals surface area contributed by atoms with E-state index < -0.39 is 0 Å². The lowest BCUT2D eigenvalue weighted by Gasteiger charge is -2.17. The summed E-state index contributed by atoms with van der Waals surface area (Å²) in [5, 5.41) is 0. The van der Waals surface area contributed by atoms with Gasteiger partial charge in [-0.1, -0.05) is 0 Å². The number of hydrogen-bond donors (Lipinski definition) is 1. The lowest BCUT2D eigenvalue weighted by Crippen LogP contribution is -2.25. The number of nitrogen functional groups attached to an aromatic ring is 1. The van der Waals surface area contributed by atoms with E-state index in [-0.39, 0.29) is 6.29 Å². The van der Waals surface area contributed by atoms with E-state index in [0.717, 1.165) is 11.4 Å². The summed E-state index contributed by atoms with van der Waals surface area (Å²) in [6.07, 6.45) is -0.312. The Kier molecular flexibility index (Phi) is 5.67. The molecule has 0 amide bonds. The second kappa shape index (κ2) is 7.09. The predicted octanol–water partition coefficient (Wildman–Crippen LogP) is 2.05. The maximum Gasteiger partial charge on any atom is 0.191 e. The van der Waals surface area contributed by atoms with E-state index in [2.05, 4.69) is 0 Å². The molecule has 0 aliphatic heterocycles. The summed E-state index contributed by atoms with van der Waals surface area (Å²) < 4.78 is 16.2. The molecule has 0 radical (unpaired) electrons. The molecule has 0 saturated heterocycles. The summed E-state index contributed by atoms with van der Waals surface area (Å²) in [6, 6.07) is 7.24. The van der Waals surface area contributed by atoms with Crippen molar-refractivity contribution in [1.29, 1.82) is 0 Å². The SMILES string of the molecule is CCOC(COc1ccc(N)cc1)OCC. The van der Waals surface area contributed by atoms with Crippen molar-refractivity contribution in [2.24, 2.45) is 0 Å². The highest BCUT2D eigenvalue weighted by atomic mass is 16.7. The van der Waals surface area contributed by atoms with Crippen molar-refractivity contribution in [3.63, 3.8) is 0 Å². The highest BCUT2D eigenvalue weighted by Crippen LogP contribution is 2.13. The van der Waals surface area contributed by atoms with Gasteiger partial charge in [-0.05, 0) is 38.1 Å². The van der Waals surface area contributed by atoms with Crippen LogP contribution in [0.2, 0.25) is 0 Å². The number of hydrogen-bond acceptors (Lipinski definition) is 4. The molecule has 0 saturated carbocycles. The fraction of sp³-hybridized carbons (Fsp3) is 0.500. The van der Waals surface area contributed by atoms with Crippen LogP contribution in [0.25, 0.3) is 0 Å². The van der Waals surface area contributed by atoms with E-state index in [1.807, 2.05) is 26.0 Å². The smallest absolute Gasteiger partial charge is 0.191 e. The molecule has 1 rings (SSSR count). The van der Waals surface area contributed by atoms with Crippen LogP contribution in [0.5, 0.6) is 5.75 Å². The first kappa shape index (κ1) is 12.8. The van der Waals surface area contributed by atoms with Crippen molar-refractivity contribution in [2.45, 2.75) is 20.1 Å². The van der Waals surface area contributed by atoms with Crippen LogP contribution in [0.3, 0.4) is 0 Å². The van der Waals surface area contributed by atoms with Crippen LogP contribution >= 0.6 is 0 Å². The Morgan fingerprint density at radius 3 is 2.12 bits per heavy atom. The lowest BCUT2D eigenvalue weighted by atomic mass is 10.3. The zero-order valence-corrected chi connectivity index (χ0v) is 9.81. The van der Waals surface area contributed by atoms with E-state index >= 15 is 0 Å². The van der Waals surface area contributed by atoms with E-state index in [0.29, 0.717) is 19.8 Å². The van der Waals surface area contributed by atoms with Crippen molar-refractivity contribution < 1.29 is 14.2 Å². The van der Waals surface area contributed by atoms with Crippen LogP contribution in [0.4, 0.5) is 5.69 Å². The van der Waals surface area contributed by atoms with Crippen LogP contribution in [0.1, 0.15) is 13.8 Å². The third-order valence-corrected chi connectivity index (χ3v) is 1.97. The second-order valence-electron chi connectivity index (χ2n) is 3.22. The summed E-state index contributed by atoms with van der Waals surface area (Å²) in [5.41, 5.74) is 6.29. The molecule has 16 heavy (non-hydrogen) atoms. The van der Waals surface area contributed by atoms with Crippen LogP contribution in [-0.4, -0.2) is 26.1 Å². The predicted molar refractivity (Wildman–Crippen MR) is 63.4 cm³/mol. The summed E-state index contributed by atoms with van der Waals surface area (Å²) in [5.74, 6) is 0.763. The van der Waals surface area contributed by atoms with E-state index in [1.165, 1.54) is 0 Å². The Morgan fingerprint density at radius 1 is 1.06 bits per heavy atom. The van der Waals surface area contributed by atoms with Gasteiger partial charge in [-0.2, -0.15) is 0 Å². The maximum atomic E-state index is 5.57. The highest BCUT2D eigenvalue weighted by Gasteiger charge is 2.08. The molecule has 0 aromatic heterocycles. The van der Waals surface area contributed by atoms with Gasteiger partial charge in [-0.15, -0.1) is 0 Å². The minimum absolute atomic E-state index is 0.312. The van der Waals surface area contributed by atoms with Gasteiger partial charge in [0.1, 0.15) is 12.4 Å². The van der Waals surface area contributed by atoms with E-state index in [9.17, 15) is 0 Å². The van der Waals surface area contributed by atoms with Crippen LogP contribution in [-0.2, 0) is 9.47 Å². The van der Waals surface area contributed by atoms with E-state index in [4.69, 9.17) is 19.9 Å². The average Bonchev–Trinajstić information content (AvgIpc) is 2.29. The van der Waals surface area contributed by atoms with Crippen LogP contribution in [0, 0.1) is 0 Å². The molecule has 0 aliphatic carbocycles. The standard InChI is InChI=1S/C12H19NO3/c1-3-14-12(15-4-2)9-16-11-7-5-10(13)6-8-11/h5-8,12H,3-4,9,13H2,1-2H3. The average molecular weight is 225 g/mol. The third-order valence-electron chi connectivity index (χ3n) is 1.97. The summed E-state index contributed by atoms with van der Waals surface area (Å²) >= 11 is 0. The van der Waals surface area contributed by atoms with Gasteiger partial charge < -0.3 is 19.9 Å². The number of ether oxygens (including phenoxy) is 3. The molecule has 0 heterocycles. The topological polar surface area (TPSA) is 53.7 Å². The highest BCUT2D eigenvalue weighted by molar-refractivity contribution is 5.41. The van der Waals surface area contributed by atoms with Gasteiger partial charge in [-0.3, -0.25) is 0 Å². The van der Waals surface area contributed by atoms with Crippen molar-refractivity contribution in [2.75, 3.05) is 25.6 Å². The lowest BCUT2D eigenvalue weighted by molar-refractivity contribution is -0.152. The minimum atomic E-state index is -0.312. The molecular weight excluding hydrogens is 206 g/mol. The Bertz CT molecular complexity index is 281. The number of rotatable bonds is 7. The molecule has 1 aromatic carbocycles. The number of nitrogens with two attached hydrogens (primary N) is 1. The molecule has 0 bridgehead atoms. The van der Waals surface area contributed by atoms with Gasteiger partial charge in [0.25, 0.3) is 0 Å². The minimum Gasteiger partial charge on any atom is -0.488 e. The summed E-state index contributed by atoms with van der Waals surface area (Å²) in [6.45, 7) is 5.45. The molecule has 4 nitrogen and oxygen atoms in total. The molecule has 0 unspecified atom stereocenters. The zero-order valence-electron chi connectivity index (χ0n) is 9.81. The molecule has 1 aromatic rings. The van der Waals surface area contributed by atoms with Crippen molar-refractivity contribution in [1.82, 2.24) is 0 Å². The summed E-state index contributed by atoms with van der Waals surface area (Å²) in [7, 11) is 0. The quantitative estimate of drug-likeness (QED) is 0.570. The first-order chi connectivity index (χ1) is 7.76. The third kappa shape index (κ3) is 4.51. The molecular formula is C12H19NO3. The van der Waals surface area contributed by atoms with Crippen molar-refractivity contribution in [3.8, 4) is 5.75 Å². The van der Waals surface area contributed by atoms with Crippen molar-refractivity contribution >= 4 is 5.69 Å². The van der Waals surface area contributed by atoms with Crippen LogP contribution < -0.4 is 10.5 Å². The Labute approximate surface area is 96.3 Å². The number of anilines is 1. The first-order valence-corrected chi connectivity index (χ1v) is 5.47. The normalized spacial score (nSPS) is 10.7.